The average molecular weight is 383 g/mol. The maximum atomic E-state index is 13.1. The molecule has 0 aliphatic carbocycles. The van der Waals surface area contributed by atoms with Gasteiger partial charge in [0.1, 0.15) is 6.54 Å². The number of fused-ring (bicyclic) bond motifs is 1. The lowest BCUT2D eigenvalue weighted by molar-refractivity contribution is -0.138. The number of aliphatic hydroxyl groups excluding tert-OH is 1. The Morgan fingerprint density at radius 3 is 2.44 bits per heavy atom. The van der Waals surface area contributed by atoms with Gasteiger partial charge >= 0.3 is 12.1 Å². The van der Waals surface area contributed by atoms with Crippen molar-refractivity contribution in [2.45, 2.75) is 20.0 Å². The van der Waals surface area contributed by atoms with E-state index in [9.17, 15) is 27.9 Å². The molecule has 0 aromatic heterocycles. The molecule has 144 valence electrons. The first-order valence-corrected chi connectivity index (χ1v) is 7.72. The highest BCUT2D eigenvalue weighted by atomic mass is 19.4. The van der Waals surface area contributed by atoms with Crippen LogP contribution in [0.2, 0.25) is 0 Å². The lowest BCUT2D eigenvalue weighted by atomic mass is 9.94. The number of hydrogen-bond acceptors (Lipinski definition) is 5. The third-order valence-corrected chi connectivity index (χ3v) is 3.66. The van der Waals surface area contributed by atoms with Crippen LogP contribution in [0.15, 0.2) is 35.1 Å². The summed E-state index contributed by atoms with van der Waals surface area (Å²) in [5, 5.41) is 26.2. The van der Waals surface area contributed by atoms with Crippen LogP contribution in [0.25, 0.3) is 11.5 Å². The van der Waals surface area contributed by atoms with E-state index in [4.69, 9.17) is 5.11 Å². The van der Waals surface area contributed by atoms with E-state index < -0.39 is 41.6 Å². The summed E-state index contributed by atoms with van der Waals surface area (Å²) in [6.07, 6.45) is -1.88. The van der Waals surface area contributed by atoms with Gasteiger partial charge in [0.05, 0.1) is 11.3 Å². The monoisotopic (exact) mass is 383 g/mol. The number of hydrazone groups is 1. The Balaban J connectivity index is 2.68. The second kappa shape index (κ2) is 7.52. The number of nitrogens with one attached hydrogen (secondary N) is 1. The normalized spacial score (nSPS) is 16.0. The number of halogens is 3. The highest BCUT2D eigenvalue weighted by molar-refractivity contribution is 6.04. The zero-order chi connectivity index (χ0) is 20.4. The number of amides is 1. The molecule has 1 aliphatic heterocycles. The number of allylic oxidation sites excluding steroid dienone is 1. The smallest absolute Gasteiger partial charge is 0.416 e. The molecule has 1 heterocycles. The first-order valence-electron chi connectivity index (χ1n) is 7.72. The van der Waals surface area contributed by atoms with Crippen LogP contribution in [0.1, 0.15) is 30.5 Å². The fraction of sp³-hybridized carbons (Fsp3) is 0.235. The molecule has 1 aromatic rings. The van der Waals surface area contributed by atoms with Crippen molar-refractivity contribution in [1.29, 1.82) is 0 Å². The van der Waals surface area contributed by atoms with Gasteiger partial charge in [-0.05, 0) is 32.0 Å². The van der Waals surface area contributed by atoms with Gasteiger partial charge in [0.15, 0.2) is 11.5 Å². The number of benzene rings is 1. The summed E-state index contributed by atoms with van der Waals surface area (Å²) in [5.41, 5.74) is -1.15. The lowest BCUT2D eigenvalue weighted by Crippen LogP contribution is -2.37. The first kappa shape index (κ1) is 20.0. The number of carboxylic acid groups (broad SMARTS) is 1. The number of carbonyl (C=O) groups excluding carboxylic acids is 1. The largest absolute Gasteiger partial charge is 0.505 e. The minimum absolute atomic E-state index is 0.000807. The number of hydrogen-bond donors (Lipinski definition) is 3. The molecule has 0 spiro atoms. The first-order chi connectivity index (χ1) is 12.6. The highest BCUT2D eigenvalue weighted by Crippen LogP contribution is 2.40. The number of carboxylic acids is 1. The molecule has 0 atom stereocenters. The quantitative estimate of drug-likeness (QED) is 0.694. The van der Waals surface area contributed by atoms with E-state index in [1.807, 2.05) is 0 Å². The fourth-order valence-electron chi connectivity index (χ4n) is 2.56. The number of alkyl halides is 3. The van der Waals surface area contributed by atoms with Gasteiger partial charge in [0.2, 0.25) is 0 Å². The van der Waals surface area contributed by atoms with E-state index in [0.29, 0.717) is 0 Å². The van der Waals surface area contributed by atoms with Crippen LogP contribution in [0.3, 0.4) is 0 Å². The minimum atomic E-state index is -4.59. The standard InChI is InChI=1S/C17H16F3N3O4/c1-3-12-11-7-9(17(18,19)20)5-6-10(11)15(26)14(23(12)22-4-2)16(27)21-8-13(24)25/h3-7,26H,8H2,1-2H3,(H,21,27)(H,24,25)/b12-3+,22-4-. The van der Waals surface area contributed by atoms with Crippen molar-refractivity contribution in [1.82, 2.24) is 10.3 Å². The Hall–Kier alpha value is -3.30. The van der Waals surface area contributed by atoms with Crippen LogP contribution in [-0.2, 0) is 15.8 Å². The summed E-state index contributed by atoms with van der Waals surface area (Å²) in [6.45, 7) is 2.34. The Labute approximate surface area is 152 Å². The van der Waals surface area contributed by atoms with Crippen molar-refractivity contribution < 1.29 is 33.0 Å². The zero-order valence-corrected chi connectivity index (χ0v) is 14.3. The van der Waals surface area contributed by atoms with Gasteiger partial charge in [-0.25, -0.2) is 5.01 Å². The molecule has 2 rings (SSSR count). The summed E-state index contributed by atoms with van der Waals surface area (Å²) >= 11 is 0. The van der Waals surface area contributed by atoms with Gasteiger partial charge in [-0.15, -0.1) is 0 Å². The summed E-state index contributed by atoms with van der Waals surface area (Å²) in [7, 11) is 0. The molecule has 0 bridgehead atoms. The van der Waals surface area contributed by atoms with Crippen LogP contribution < -0.4 is 5.32 Å². The Morgan fingerprint density at radius 1 is 1.26 bits per heavy atom. The predicted molar refractivity (Wildman–Crippen MR) is 91.3 cm³/mol. The van der Waals surface area contributed by atoms with Crippen molar-refractivity contribution in [3.63, 3.8) is 0 Å². The van der Waals surface area contributed by atoms with Gasteiger partial charge < -0.3 is 15.5 Å². The third-order valence-electron chi connectivity index (χ3n) is 3.66. The van der Waals surface area contributed by atoms with Crippen LogP contribution in [0, 0.1) is 0 Å². The molecule has 3 N–H and O–H groups in total. The maximum absolute atomic E-state index is 13.1. The van der Waals surface area contributed by atoms with E-state index >= 15 is 0 Å². The average Bonchev–Trinajstić information content (AvgIpc) is 2.59. The van der Waals surface area contributed by atoms with Crippen LogP contribution >= 0.6 is 0 Å². The van der Waals surface area contributed by atoms with E-state index in [2.05, 4.69) is 10.4 Å². The van der Waals surface area contributed by atoms with Crippen molar-refractivity contribution >= 4 is 29.5 Å². The summed E-state index contributed by atoms with van der Waals surface area (Å²) in [6, 6.07) is 2.69. The topological polar surface area (TPSA) is 102 Å². The molecule has 0 saturated carbocycles. The molecule has 1 aromatic carbocycles. The molecule has 10 heteroatoms. The molecule has 0 saturated heterocycles. The van der Waals surface area contributed by atoms with Crippen molar-refractivity contribution in [2.24, 2.45) is 5.10 Å². The van der Waals surface area contributed by atoms with Crippen molar-refractivity contribution in [2.75, 3.05) is 6.54 Å². The number of nitrogens with zero attached hydrogens (tertiary/aromatic N) is 2. The van der Waals surface area contributed by atoms with Gasteiger partial charge in [-0.3, -0.25) is 9.59 Å². The molecule has 0 radical (unpaired) electrons. The molecule has 27 heavy (non-hydrogen) atoms. The van der Waals surface area contributed by atoms with E-state index in [1.54, 1.807) is 0 Å². The van der Waals surface area contributed by atoms with Crippen LogP contribution in [-0.4, -0.2) is 39.9 Å². The second-order valence-electron chi connectivity index (χ2n) is 5.39. The SMILES string of the molecule is C/C=N\N1C(C(=O)NCC(=O)O)=C(O)c2ccc(C(F)(F)F)cc2/C1=C\C. The van der Waals surface area contributed by atoms with E-state index in [-0.39, 0.29) is 16.8 Å². The summed E-state index contributed by atoms with van der Waals surface area (Å²) in [4.78, 5) is 23.1. The Morgan fingerprint density at radius 2 is 1.93 bits per heavy atom. The number of aliphatic hydroxyl groups is 1. The maximum Gasteiger partial charge on any atom is 0.416 e. The van der Waals surface area contributed by atoms with Gasteiger partial charge in [-0.2, -0.15) is 18.3 Å². The lowest BCUT2D eigenvalue weighted by Gasteiger charge is -2.31. The molecule has 1 aliphatic rings. The molecular weight excluding hydrogens is 367 g/mol. The number of rotatable bonds is 4. The molecule has 7 nitrogen and oxygen atoms in total. The minimum Gasteiger partial charge on any atom is -0.505 e. The number of aliphatic carboxylic acids is 1. The van der Waals surface area contributed by atoms with Crippen molar-refractivity contribution in [3.05, 3.63) is 46.7 Å². The Kier molecular flexibility index (Phi) is 5.58. The summed E-state index contributed by atoms with van der Waals surface area (Å²) < 4.78 is 39.2. The van der Waals surface area contributed by atoms with Crippen LogP contribution in [0.4, 0.5) is 13.2 Å². The van der Waals surface area contributed by atoms with E-state index in [0.717, 1.165) is 23.2 Å². The highest BCUT2D eigenvalue weighted by Gasteiger charge is 2.36. The predicted octanol–water partition coefficient (Wildman–Crippen LogP) is 2.81. The molecule has 0 unspecified atom stereocenters. The fourth-order valence-corrected chi connectivity index (χ4v) is 2.56. The van der Waals surface area contributed by atoms with Gasteiger partial charge in [-0.1, -0.05) is 6.08 Å². The van der Waals surface area contributed by atoms with Crippen LogP contribution in [0.5, 0.6) is 0 Å². The van der Waals surface area contributed by atoms with E-state index in [1.165, 1.54) is 26.1 Å². The van der Waals surface area contributed by atoms with Gasteiger partial charge in [0, 0.05) is 17.3 Å². The second-order valence-corrected chi connectivity index (χ2v) is 5.39. The molecule has 0 fully saturated rings. The zero-order valence-electron chi connectivity index (χ0n) is 14.3. The summed E-state index contributed by atoms with van der Waals surface area (Å²) in [5.74, 6) is -2.85. The van der Waals surface area contributed by atoms with Gasteiger partial charge in [0.25, 0.3) is 5.91 Å². The molecule has 1 amide bonds. The Bertz CT molecular complexity index is 873. The molecular formula is C17H16F3N3O4. The van der Waals surface area contributed by atoms with Crippen molar-refractivity contribution in [3.8, 4) is 0 Å². The number of carbonyl (C=O) groups is 2. The third kappa shape index (κ3) is 3.94.